The number of halogens is 1. The summed E-state index contributed by atoms with van der Waals surface area (Å²) >= 11 is 0. The van der Waals surface area contributed by atoms with Gasteiger partial charge in [0.2, 0.25) is 0 Å². The minimum atomic E-state index is -0.220. The number of hydrogen-bond acceptors (Lipinski definition) is 2. The maximum absolute atomic E-state index is 13.0. The minimum absolute atomic E-state index is 0.00957. The zero-order valence-corrected chi connectivity index (χ0v) is 11.4. The Labute approximate surface area is 117 Å². The van der Waals surface area contributed by atoms with E-state index < -0.39 is 0 Å². The van der Waals surface area contributed by atoms with Crippen molar-refractivity contribution in [1.82, 2.24) is 10.2 Å². The highest BCUT2D eigenvalue weighted by molar-refractivity contribution is 5.74. The molecule has 2 fully saturated rings. The first-order valence-electron chi connectivity index (χ1n) is 7.06. The van der Waals surface area contributed by atoms with E-state index in [4.69, 9.17) is 4.74 Å². The fourth-order valence-electron chi connectivity index (χ4n) is 2.64. The van der Waals surface area contributed by atoms with Gasteiger partial charge < -0.3 is 15.0 Å². The van der Waals surface area contributed by atoms with E-state index in [1.165, 1.54) is 12.1 Å². The lowest BCUT2D eigenvalue weighted by Gasteiger charge is -2.28. The fraction of sp³-hybridized carbons (Fsp3) is 0.533. The van der Waals surface area contributed by atoms with Crippen molar-refractivity contribution in [1.29, 1.82) is 0 Å². The van der Waals surface area contributed by atoms with E-state index in [1.807, 2.05) is 12.1 Å². The largest absolute Gasteiger partial charge is 0.378 e. The summed E-state index contributed by atoms with van der Waals surface area (Å²) in [4.78, 5) is 13.8. The first-order valence-corrected chi connectivity index (χ1v) is 7.06. The molecule has 5 heteroatoms. The minimum Gasteiger partial charge on any atom is -0.378 e. The molecule has 108 valence electrons. The van der Waals surface area contributed by atoms with E-state index in [0.717, 1.165) is 18.4 Å². The van der Waals surface area contributed by atoms with Crippen molar-refractivity contribution in [2.45, 2.75) is 18.3 Å². The van der Waals surface area contributed by atoms with Gasteiger partial charge >= 0.3 is 6.03 Å². The van der Waals surface area contributed by atoms with E-state index in [2.05, 4.69) is 5.32 Å². The molecule has 1 saturated heterocycles. The summed E-state index contributed by atoms with van der Waals surface area (Å²) in [6, 6.07) is 6.59. The van der Waals surface area contributed by atoms with Gasteiger partial charge in [-0.1, -0.05) is 12.1 Å². The molecule has 0 bridgehead atoms. The molecule has 4 nitrogen and oxygen atoms in total. The van der Waals surface area contributed by atoms with E-state index in [1.54, 1.807) is 4.90 Å². The van der Waals surface area contributed by atoms with E-state index >= 15 is 0 Å². The molecule has 1 heterocycles. The third-order valence-corrected chi connectivity index (χ3v) is 4.19. The van der Waals surface area contributed by atoms with Crippen LogP contribution >= 0.6 is 0 Å². The zero-order valence-electron chi connectivity index (χ0n) is 11.4. The van der Waals surface area contributed by atoms with Crippen molar-refractivity contribution in [3.8, 4) is 0 Å². The maximum atomic E-state index is 13.0. The molecular weight excluding hydrogens is 259 g/mol. The standard InChI is InChI=1S/C15H19FN2O2/c16-13-3-1-12(2-4-13)15(5-6-15)11-17-14(19)18-7-9-20-10-8-18/h1-4H,5-11H2,(H,17,19). The van der Waals surface area contributed by atoms with Crippen LogP contribution in [-0.2, 0) is 10.2 Å². The predicted octanol–water partition coefficient (Wildman–Crippen LogP) is 1.90. The Balaban J connectivity index is 1.57. The Kier molecular flexibility index (Phi) is 3.61. The van der Waals surface area contributed by atoms with Crippen LogP contribution in [0.5, 0.6) is 0 Å². The molecule has 0 aromatic heterocycles. The number of urea groups is 1. The molecule has 2 aliphatic rings. The quantitative estimate of drug-likeness (QED) is 0.917. The fourth-order valence-corrected chi connectivity index (χ4v) is 2.64. The van der Waals surface area contributed by atoms with Crippen molar-refractivity contribution in [3.63, 3.8) is 0 Å². The van der Waals surface area contributed by atoms with Gasteiger partial charge in [-0.25, -0.2) is 9.18 Å². The molecular formula is C15H19FN2O2. The van der Waals surface area contributed by atoms with Crippen LogP contribution in [0.2, 0.25) is 0 Å². The van der Waals surface area contributed by atoms with Crippen molar-refractivity contribution in [2.75, 3.05) is 32.8 Å². The normalized spacial score (nSPS) is 20.6. The number of benzene rings is 1. The van der Waals surface area contributed by atoms with Gasteiger partial charge in [0, 0.05) is 25.0 Å². The second kappa shape index (κ2) is 5.40. The van der Waals surface area contributed by atoms with Gasteiger partial charge in [-0.2, -0.15) is 0 Å². The van der Waals surface area contributed by atoms with Crippen LogP contribution in [0.1, 0.15) is 18.4 Å². The molecule has 1 aliphatic carbocycles. The summed E-state index contributed by atoms with van der Waals surface area (Å²) in [6.07, 6.45) is 2.09. The van der Waals surface area contributed by atoms with Gasteiger partial charge in [-0.15, -0.1) is 0 Å². The smallest absolute Gasteiger partial charge is 0.317 e. The van der Waals surface area contributed by atoms with Crippen LogP contribution in [0, 0.1) is 5.82 Å². The number of carbonyl (C=O) groups is 1. The highest BCUT2D eigenvalue weighted by atomic mass is 19.1. The Hall–Kier alpha value is -1.62. The van der Waals surface area contributed by atoms with Crippen LogP contribution in [0.25, 0.3) is 0 Å². The average Bonchev–Trinajstić information content (AvgIpc) is 3.27. The SMILES string of the molecule is O=C(NCC1(c2ccc(F)cc2)CC1)N1CCOCC1. The number of nitrogens with zero attached hydrogens (tertiary/aromatic N) is 1. The van der Waals surface area contributed by atoms with Crippen molar-refractivity contribution in [3.05, 3.63) is 35.6 Å². The van der Waals surface area contributed by atoms with Crippen LogP contribution in [0.4, 0.5) is 9.18 Å². The second-order valence-electron chi connectivity index (χ2n) is 5.55. The monoisotopic (exact) mass is 278 g/mol. The number of carbonyl (C=O) groups excluding carboxylic acids is 1. The molecule has 1 saturated carbocycles. The number of amides is 2. The summed E-state index contributed by atoms with van der Waals surface area (Å²) in [5.74, 6) is -0.220. The van der Waals surface area contributed by atoms with Crippen molar-refractivity contribution >= 4 is 6.03 Å². The summed E-state index contributed by atoms with van der Waals surface area (Å²) in [5.41, 5.74) is 1.12. The van der Waals surface area contributed by atoms with Gasteiger partial charge in [0.15, 0.2) is 0 Å². The lowest BCUT2D eigenvalue weighted by Crippen LogP contribution is -2.47. The number of rotatable bonds is 3. The molecule has 1 aliphatic heterocycles. The van der Waals surface area contributed by atoms with Crippen LogP contribution in [0.3, 0.4) is 0 Å². The third kappa shape index (κ3) is 2.77. The lowest BCUT2D eigenvalue weighted by atomic mass is 9.96. The number of nitrogens with one attached hydrogen (secondary N) is 1. The average molecular weight is 278 g/mol. The Bertz CT molecular complexity index is 479. The number of hydrogen-bond donors (Lipinski definition) is 1. The summed E-state index contributed by atoms with van der Waals surface area (Å²) in [6.45, 7) is 3.13. The van der Waals surface area contributed by atoms with Crippen LogP contribution in [-0.4, -0.2) is 43.8 Å². The first-order chi connectivity index (χ1) is 9.70. The molecule has 0 unspecified atom stereocenters. The zero-order chi connectivity index (χ0) is 14.0. The van der Waals surface area contributed by atoms with Gasteiger partial charge in [0.1, 0.15) is 5.82 Å². The first kappa shape index (κ1) is 13.4. The van der Waals surface area contributed by atoms with Crippen LogP contribution in [0.15, 0.2) is 24.3 Å². The molecule has 0 radical (unpaired) electrons. The highest BCUT2D eigenvalue weighted by Crippen LogP contribution is 2.47. The number of morpholine rings is 1. The van der Waals surface area contributed by atoms with Gasteiger partial charge in [0.05, 0.1) is 13.2 Å². The topological polar surface area (TPSA) is 41.6 Å². The lowest BCUT2D eigenvalue weighted by molar-refractivity contribution is 0.0531. The third-order valence-electron chi connectivity index (χ3n) is 4.19. The Morgan fingerprint density at radius 3 is 2.50 bits per heavy atom. The van der Waals surface area contributed by atoms with Gasteiger partial charge in [0.25, 0.3) is 0 Å². The summed E-state index contributed by atoms with van der Waals surface area (Å²) < 4.78 is 18.2. The maximum Gasteiger partial charge on any atom is 0.317 e. The van der Waals surface area contributed by atoms with E-state index in [9.17, 15) is 9.18 Å². The molecule has 1 N–H and O–H groups in total. The van der Waals surface area contributed by atoms with Crippen molar-refractivity contribution < 1.29 is 13.9 Å². The summed E-state index contributed by atoms with van der Waals surface area (Å²) in [5, 5.41) is 3.01. The molecule has 1 aromatic carbocycles. The van der Waals surface area contributed by atoms with Crippen LogP contribution < -0.4 is 5.32 Å². The molecule has 3 rings (SSSR count). The predicted molar refractivity (Wildman–Crippen MR) is 73.1 cm³/mol. The molecule has 0 atom stereocenters. The molecule has 1 aromatic rings. The van der Waals surface area contributed by atoms with E-state index in [-0.39, 0.29) is 17.3 Å². The summed E-state index contributed by atoms with van der Waals surface area (Å²) in [7, 11) is 0. The van der Waals surface area contributed by atoms with Gasteiger partial charge in [-0.05, 0) is 30.5 Å². The highest BCUT2D eigenvalue weighted by Gasteiger charge is 2.44. The number of ether oxygens (including phenoxy) is 1. The van der Waals surface area contributed by atoms with E-state index in [0.29, 0.717) is 32.8 Å². The van der Waals surface area contributed by atoms with Crippen molar-refractivity contribution in [2.24, 2.45) is 0 Å². The molecule has 20 heavy (non-hydrogen) atoms. The van der Waals surface area contributed by atoms with Gasteiger partial charge in [-0.3, -0.25) is 0 Å². The Morgan fingerprint density at radius 2 is 1.90 bits per heavy atom. The Morgan fingerprint density at radius 1 is 1.25 bits per heavy atom. The second-order valence-corrected chi connectivity index (χ2v) is 5.55. The molecule has 2 amide bonds. The molecule has 0 spiro atoms.